The van der Waals surface area contributed by atoms with Crippen molar-refractivity contribution in [3.63, 3.8) is 0 Å². The maximum atomic E-state index is 14.6. The Morgan fingerprint density at radius 1 is 1.05 bits per heavy atom. The predicted molar refractivity (Wildman–Crippen MR) is 154 cm³/mol. The fourth-order valence-corrected chi connectivity index (χ4v) is 6.60. The largest absolute Gasteiger partial charge is 0.491 e. The van der Waals surface area contributed by atoms with Crippen LogP contribution < -0.4 is 4.74 Å². The van der Waals surface area contributed by atoms with Crippen molar-refractivity contribution in [2.24, 2.45) is 17.8 Å². The quantitative estimate of drug-likeness (QED) is 0.475. The van der Waals surface area contributed by atoms with Crippen LogP contribution in [-0.4, -0.2) is 64.9 Å². The molecule has 4 atom stereocenters. The molecule has 2 aromatic rings. The number of likely N-dealkylation sites (tertiary alicyclic amines) is 1. The van der Waals surface area contributed by atoms with Crippen molar-refractivity contribution in [1.29, 1.82) is 0 Å². The van der Waals surface area contributed by atoms with Crippen molar-refractivity contribution < 1.29 is 24.2 Å². The van der Waals surface area contributed by atoms with Gasteiger partial charge in [-0.25, -0.2) is 4.79 Å². The highest BCUT2D eigenvalue weighted by atomic mass is 16.6. The number of aryl methyl sites for hydroxylation is 1. The van der Waals surface area contributed by atoms with E-state index in [-0.39, 0.29) is 54.9 Å². The molecule has 2 aliphatic carbocycles. The Bertz CT molecular complexity index is 1220. The number of nitrogens with zero attached hydrogens (tertiary/aromatic N) is 2. The molecule has 7 heteroatoms. The zero-order valence-corrected chi connectivity index (χ0v) is 24.6. The van der Waals surface area contributed by atoms with E-state index in [4.69, 9.17) is 14.6 Å². The van der Waals surface area contributed by atoms with Gasteiger partial charge in [-0.05, 0) is 106 Å². The Morgan fingerprint density at radius 3 is 2.42 bits per heavy atom. The molecule has 0 bridgehead atoms. The summed E-state index contributed by atoms with van der Waals surface area (Å²) in [6.07, 6.45) is 2.66. The van der Waals surface area contributed by atoms with E-state index in [0.29, 0.717) is 25.4 Å². The number of aliphatic hydroxyl groups excluding tert-OH is 1. The second-order valence-electron chi connectivity index (χ2n) is 12.9. The van der Waals surface area contributed by atoms with E-state index in [9.17, 15) is 9.59 Å². The summed E-state index contributed by atoms with van der Waals surface area (Å²) in [5.74, 6) is 1.15. The van der Waals surface area contributed by atoms with Crippen LogP contribution in [0.2, 0.25) is 0 Å². The number of ether oxygens (including phenoxy) is 2. The van der Waals surface area contributed by atoms with Crippen LogP contribution in [-0.2, 0) is 16.1 Å². The van der Waals surface area contributed by atoms with Gasteiger partial charge in [-0.2, -0.15) is 0 Å². The molecular formula is C33H44N2O5. The maximum absolute atomic E-state index is 14.6. The van der Waals surface area contributed by atoms with Crippen molar-refractivity contribution in [1.82, 2.24) is 9.80 Å². The van der Waals surface area contributed by atoms with Crippen molar-refractivity contribution in [3.05, 3.63) is 64.7 Å². The van der Waals surface area contributed by atoms with Crippen molar-refractivity contribution in [2.75, 3.05) is 26.3 Å². The average molecular weight is 549 g/mol. The molecule has 40 heavy (non-hydrogen) atoms. The molecule has 1 heterocycles. The van der Waals surface area contributed by atoms with Gasteiger partial charge in [-0.1, -0.05) is 30.3 Å². The highest BCUT2D eigenvalue weighted by Crippen LogP contribution is 2.52. The lowest BCUT2D eigenvalue weighted by atomic mass is 9.83. The number of carbonyl (C=O) groups is 2. The number of benzene rings is 2. The smallest absolute Gasteiger partial charge is 0.410 e. The average Bonchev–Trinajstić information content (AvgIpc) is 3.56. The molecule has 1 N–H and O–H groups in total. The van der Waals surface area contributed by atoms with Crippen LogP contribution in [0.25, 0.3) is 0 Å². The highest BCUT2D eigenvalue weighted by Gasteiger charge is 2.54. The Kier molecular flexibility index (Phi) is 8.14. The molecule has 0 unspecified atom stereocenters. The first kappa shape index (κ1) is 28.5. The van der Waals surface area contributed by atoms with E-state index in [1.165, 1.54) is 16.7 Å². The number of rotatable bonds is 8. The first-order valence-corrected chi connectivity index (χ1v) is 14.7. The molecule has 216 valence electrons. The molecule has 1 aliphatic heterocycles. The third-order valence-electron chi connectivity index (χ3n) is 8.88. The molecule has 1 saturated heterocycles. The molecule has 0 aromatic heterocycles. The normalized spacial score (nSPS) is 24.1. The molecule has 2 saturated carbocycles. The minimum atomic E-state index is -0.555. The fraction of sp³-hybridized carbons (Fsp3) is 0.576. The molecule has 2 aromatic carbocycles. The number of aliphatic hydroxyl groups is 1. The highest BCUT2D eigenvalue weighted by molar-refractivity contribution is 5.82. The number of amides is 2. The van der Waals surface area contributed by atoms with Gasteiger partial charge in [0.15, 0.2) is 0 Å². The van der Waals surface area contributed by atoms with Crippen LogP contribution in [0.4, 0.5) is 4.79 Å². The van der Waals surface area contributed by atoms with Crippen LogP contribution in [0.1, 0.15) is 68.2 Å². The van der Waals surface area contributed by atoms with E-state index in [2.05, 4.69) is 49.1 Å². The molecule has 7 nitrogen and oxygen atoms in total. The zero-order valence-electron chi connectivity index (χ0n) is 24.6. The second kappa shape index (κ2) is 11.4. The van der Waals surface area contributed by atoms with Crippen molar-refractivity contribution in [2.45, 2.75) is 78.0 Å². The van der Waals surface area contributed by atoms with Gasteiger partial charge < -0.3 is 24.4 Å². The third-order valence-corrected chi connectivity index (χ3v) is 8.88. The summed E-state index contributed by atoms with van der Waals surface area (Å²) in [6, 6.07) is 14.6. The third kappa shape index (κ3) is 6.14. The van der Waals surface area contributed by atoms with Gasteiger partial charge in [0.05, 0.1) is 6.61 Å². The van der Waals surface area contributed by atoms with Gasteiger partial charge in [0.2, 0.25) is 5.91 Å². The van der Waals surface area contributed by atoms with Gasteiger partial charge in [0.25, 0.3) is 0 Å². The fourth-order valence-electron chi connectivity index (χ4n) is 6.60. The van der Waals surface area contributed by atoms with E-state index in [1.54, 1.807) is 0 Å². The molecule has 3 aliphatic rings. The van der Waals surface area contributed by atoms with E-state index < -0.39 is 5.60 Å². The van der Waals surface area contributed by atoms with Crippen LogP contribution in [0.15, 0.2) is 42.5 Å². The molecule has 3 fully saturated rings. The number of carbonyl (C=O) groups excluding carboxylic acids is 2. The summed E-state index contributed by atoms with van der Waals surface area (Å²) in [6.45, 7) is 11.9. The summed E-state index contributed by atoms with van der Waals surface area (Å²) >= 11 is 0. The summed E-state index contributed by atoms with van der Waals surface area (Å²) in [4.78, 5) is 31.5. The molecule has 2 amide bonds. The minimum absolute atomic E-state index is 0.0319. The van der Waals surface area contributed by atoms with Gasteiger partial charge in [-0.15, -0.1) is 0 Å². The standard InChI is InChI=1S/C33H44N2O5/c1-21-7-6-8-24(22(21)2)19-35(26-11-12-26)31(37)30-28(23-9-13-27(14-10-23)39-16-15-36)17-25-18-34(20-29(25)30)32(38)40-33(3,4)5/h6-10,13-14,25-26,28-30,36H,11-12,15-20H2,1-5H3/t25-,28+,29+,30-/m0/s1. The van der Waals surface area contributed by atoms with Crippen molar-refractivity contribution >= 4 is 12.0 Å². The monoisotopic (exact) mass is 548 g/mol. The molecule has 0 radical (unpaired) electrons. The van der Waals surface area contributed by atoms with Crippen molar-refractivity contribution in [3.8, 4) is 5.75 Å². The van der Waals surface area contributed by atoms with Gasteiger partial charge in [0.1, 0.15) is 18.0 Å². The Labute approximate surface area is 238 Å². The van der Waals surface area contributed by atoms with E-state index in [0.717, 1.165) is 24.8 Å². The topological polar surface area (TPSA) is 79.3 Å². The molecule has 5 rings (SSSR count). The first-order valence-electron chi connectivity index (χ1n) is 14.7. The Balaban J connectivity index is 1.43. The second-order valence-corrected chi connectivity index (χ2v) is 12.9. The zero-order chi connectivity index (χ0) is 28.6. The van der Waals surface area contributed by atoms with E-state index in [1.807, 2.05) is 37.8 Å². The lowest BCUT2D eigenvalue weighted by molar-refractivity contribution is -0.138. The van der Waals surface area contributed by atoms with Crippen LogP contribution in [0.3, 0.4) is 0 Å². The van der Waals surface area contributed by atoms with Gasteiger partial charge in [-0.3, -0.25) is 4.79 Å². The number of hydrogen-bond donors (Lipinski definition) is 1. The number of fused-ring (bicyclic) bond motifs is 1. The van der Waals surface area contributed by atoms with Crippen LogP contribution in [0, 0.1) is 31.6 Å². The van der Waals surface area contributed by atoms with Gasteiger partial charge in [0, 0.05) is 31.6 Å². The summed E-state index contributed by atoms with van der Waals surface area (Å²) in [5, 5.41) is 9.10. The summed E-state index contributed by atoms with van der Waals surface area (Å²) < 4.78 is 11.3. The maximum Gasteiger partial charge on any atom is 0.410 e. The summed E-state index contributed by atoms with van der Waals surface area (Å²) in [7, 11) is 0. The Morgan fingerprint density at radius 2 is 1.77 bits per heavy atom. The lowest BCUT2D eigenvalue weighted by Crippen LogP contribution is -2.42. The first-order chi connectivity index (χ1) is 19.1. The lowest BCUT2D eigenvalue weighted by Gasteiger charge is -2.32. The summed E-state index contributed by atoms with van der Waals surface area (Å²) in [5.41, 5.74) is 4.28. The van der Waals surface area contributed by atoms with E-state index >= 15 is 0 Å². The SMILES string of the molecule is Cc1cccc(CN(C(=O)[C@@H]2[C@@H]3CN(C(=O)OC(C)(C)C)C[C@@H]3C[C@@H]2c2ccc(OCCO)cc2)C2CC2)c1C. The Hall–Kier alpha value is -3.06. The number of hydrogen-bond acceptors (Lipinski definition) is 5. The van der Waals surface area contributed by atoms with Crippen LogP contribution in [0.5, 0.6) is 5.75 Å². The van der Waals surface area contributed by atoms with Gasteiger partial charge >= 0.3 is 6.09 Å². The van der Waals surface area contributed by atoms with Crippen LogP contribution >= 0.6 is 0 Å². The predicted octanol–water partition coefficient (Wildman–Crippen LogP) is 5.45. The molecule has 0 spiro atoms. The molecular weight excluding hydrogens is 504 g/mol. The minimum Gasteiger partial charge on any atom is -0.491 e.